The summed E-state index contributed by atoms with van der Waals surface area (Å²) in [6.45, 7) is 3.09. The van der Waals surface area contributed by atoms with Crippen molar-refractivity contribution in [2.24, 2.45) is 5.73 Å². The van der Waals surface area contributed by atoms with Crippen molar-refractivity contribution in [1.29, 1.82) is 0 Å². The molecule has 3 amide bonds. The van der Waals surface area contributed by atoms with Crippen molar-refractivity contribution < 1.29 is 24.3 Å². The fourth-order valence-electron chi connectivity index (χ4n) is 2.38. The van der Waals surface area contributed by atoms with Crippen LogP contribution in [0.15, 0.2) is 49.1 Å². The lowest BCUT2D eigenvalue weighted by Gasteiger charge is -2.29. The molecule has 1 unspecified atom stereocenters. The summed E-state index contributed by atoms with van der Waals surface area (Å²) < 4.78 is 0. The van der Waals surface area contributed by atoms with E-state index in [1.54, 1.807) is 36.4 Å². The zero-order valence-corrected chi connectivity index (χ0v) is 13.8. The summed E-state index contributed by atoms with van der Waals surface area (Å²) in [5.74, 6) is -3.10. The maximum atomic E-state index is 12.4. The van der Waals surface area contributed by atoms with Gasteiger partial charge in [0.2, 0.25) is 5.91 Å². The Kier molecular flexibility index (Phi) is 5.23. The number of nitrogens with zero attached hydrogens (tertiary/aromatic N) is 1. The Bertz CT molecular complexity index is 858. The molecule has 8 heteroatoms. The van der Waals surface area contributed by atoms with Crippen LogP contribution in [0.2, 0.25) is 0 Å². The van der Waals surface area contributed by atoms with Crippen LogP contribution in [-0.4, -0.2) is 39.1 Å². The van der Waals surface area contributed by atoms with Gasteiger partial charge in [-0.25, -0.2) is 4.79 Å². The second-order valence-electron chi connectivity index (χ2n) is 5.01. The molecule has 1 atom stereocenters. The molecule has 1 heterocycles. The average Bonchev–Trinajstić information content (AvgIpc) is 2.59. The molecule has 2 aromatic carbocycles. The first-order chi connectivity index (χ1) is 11.8. The van der Waals surface area contributed by atoms with E-state index >= 15 is 0 Å². The average molecular weight is 358 g/mol. The molecule has 0 aromatic heterocycles. The van der Waals surface area contributed by atoms with Crippen molar-refractivity contribution in [3.8, 4) is 0 Å². The number of hydrogen-bond acceptors (Lipinski definition) is 5. The van der Waals surface area contributed by atoms with Crippen molar-refractivity contribution in [3.05, 3.63) is 60.2 Å². The lowest BCUT2D eigenvalue weighted by molar-refractivity contribution is -0.138. The molecule has 0 spiro atoms. The molecule has 0 radical (unpaired) electrons. The molecule has 0 fully saturated rings. The summed E-state index contributed by atoms with van der Waals surface area (Å²) in [5, 5.41) is 8.82. The second kappa shape index (κ2) is 7.18. The summed E-state index contributed by atoms with van der Waals surface area (Å²) in [4.78, 5) is 45.9. The van der Waals surface area contributed by atoms with Crippen LogP contribution in [0.5, 0.6) is 0 Å². The number of rotatable bonds is 3. The number of nitrogens with two attached hydrogens (primary N) is 1. The maximum Gasteiger partial charge on any atom is 0.337 e. The van der Waals surface area contributed by atoms with E-state index in [1.165, 1.54) is 0 Å². The molecule has 7 nitrogen and oxygen atoms in total. The number of carbonyl (C=O) groups excluding carboxylic acids is 3. The highest BCUT2D eigenvalue weighted by Gasteiger charge is 2.38. The third-order valence-electron chi connectivity index (χ3n) is 3.47. The Balaban J connectivity index is 0.000000399. The lowest BCUT2D eigenvalue weighted by atomic mass is 9.94. The Morgan fingerprint density at radius 1 is 1.12 bits per heavy atom. The first-order valence-electron chi connectivity index (χ1n) is 7.02. The number of carboxylic acids is 1. The number of aliphatic carboxylic acids is 1. The highest BCUT2D eigenvalue weighted by molar-refractivity contribution is 7.81. The zero-order valence-electron chi connectivity index (χ0n) is 12.9. The van der Waals surface area contributed by atoms with Gasteiger partial charge in [-0.15, -0.1) is 12.6 Å². The Hall–Kier alpha value is -3.13. The minimum Gasteiger partial charge on any atom is -0.479 e. The summed E-state index contributed by atoms with van der Waals surface area (Å²) in [5.41, 5.74) is 5.17. The summed E-state index contributed by atoms with van der Waals surface area (Å²) in [7, 11) is 0. The summed E-state index contributed by atoms with van der Waals surface area (Å²) in [6.07, 6.45) is 1.06. The van der Waals surface area contributed by atoms with Crippen LogP contribution in [0.25, 0.3) is 10.8 Å². The van der Waals surface area contributed by atoms with Gasteiger partial charge in [0, 0.05) is 16.5 Å². The number of thiol groups is 1. The number of imide groups is 1. The van der Waals surface area contributed by atoms with Crippen LogP contribution < -0.4 is 5.73 Å². The first-order valence-corrected chi connectivity index (χ1v) is 7.53. The topological polar surface area (TPSA) is 118 Å². The molecule has 25 heavy (non-hydrogen) atoms. The van der Waals surface area contributed by atoms with Gasteiger partial charge in [-0.05, 0) is 23.6 Å². The van der Waals surface area contributed by atoms with E-state index in [2.05, 4.69) is 24.9 Å². The van der Waals surface area contributed by atoms with E-state index in [0.717, 1.165) is 11.5 Å². The monoisotopic (exact) mass is 358 g/mol. The van der Waals surface area contributed by atoms with Gasteiger partial charge in [-0.1, -0.05) is 30.8 Å². The van der Waals surface area contributed by atoms with Crippen molar-refractivity contribution in [2.45, 2.75) is 5.37 Å². The number of carbonyl (C=O) groups is 4. The van der Waals surface area contributed by atoms with Crippen molar-refractivity contribution in [1.82, 2.24) is 4.90 Å². The Morgan fingerprint density at radius 3 is 1.92 bits per heavy atom. The summed E-state index contributed by atoms with van der Waals surface area (Å²) in [6, 6.07) is 10.1. The molecule has 0 saturated heterocycles. The second-order valence-corrected chi connectivity index (χ2v) is 5.50. The number of primary amides is 1. The van der Waals surface area contributed by atoms with Crippen LogP contribution in [0.4, 0.5) is 0 Å². The van der Waals surface area contributed by atoms with Gasteiger partial charge < -0.3 is 10.8 Å². The zero-order chi connectivity index (χ0) is 18.7. The van der Waals surface area contributed by atoms with Gasteiger partial charge in [-0.3, -0.25) is 19.3 Å². The molecule has 3 N–H and O–H groups in total. The Labute approximate surface area is 148 Å². The molecular formula is C17H14N2O5S. The minimum absolute atomic E-state index is 0.318. The predicted molar refractivity (Wildman–Crippen MR) is 94.2 cm³/mol. The molecule has 0 saturated carbocycles. The summed E-state index contributed by atoms with van der Waals surface area (Å²) >= 11 is 3.84. The molecule has 1 aliphatic rings. The smallest absolute Gasteiger partial charge is 0.337 e. The van der Waals surface area contributed by atoms with Crippen molar-refractivity contribution in [2.75, 3.05) is 0 Å². The number of amides is 3. The van der Waals surface area contributed by atoms with Gasteiger partial charge in [0.1, 0.15) is 0 Å². The highest BCUT2D eigenvalue weighted by Crippen LogP contribution is 2.31. The number of hydrogen-bond donors (Lipinski definition) is 3. The van der Waals surface area contributed by atoms with E-state index in [4.69, 9.17) is 5.11 Å². The van der Waals surface area contributed by atoms with Crippen molar-refractivity contribution in [3.63, 3.8) is 0 Å². The fourth-order valence-corrected chi connectivity index (χ4v) is 2.59. The number of benzene rings is 2. The van der Waals surface area contributed by atoms with E-state index in [0.29, 0.717) is 21.4 Å². The molecule has 128 valence electrons. The number of carboxylic acid groups (broad SMARTS) is 1. The molecule has 0 aliphatic carbocycles. The van der Waals surface area contributed by atoms with Crippen molar-refractivity contribution >= 4 is 47.1 Å². The third-order valence-corrected chi connectivity index (χ3v) is 3.92. The first kappa shape index (κ1) is 18.2. The Morgan fingerprint density at radius 2 is 1.56 bits per heavy atom. The lowest BCUT2D eigenvalue weighted by Crippen LogP contribution is -2.48. The van der Waals surface area contributed by atoms with Gasteiger partial charge in [0.05, 0.1) is 0 Å². The molecular weight excluding hydrogens is 344 g/mol. The van der Waals surface area contributed by atoms with E-state index in [-0.39, 0.29) is 0 Å². The van der Waals surface area contributed by atoms with Gasteiger partial charge in [-0.2, -0.15) is 0 Å². The van der Waals surface area contributed by atoms with E-state index in [9.17, 15) is 19.2 Å². The van der Waals surface area contributed by atoms with Crippen LogP contribution in [-0.2, 0) is 9.59 Å². The van der Waals surface area contributed by atoms with Gasteiger partial charge in [0.15, 0.2) is 5.37 Å². The molecule has 2 aromatic rings. The van der Waals surface area contributed by atoms with Crippen LogP contribution in [0.1, 0.15) is 20.7 Å². The van der Waals surface area contributed by atoms with E-state index in [1.807, 2.05) is 0 Å². The van der Waals surface area contributed by atoms with E-state index < -0.39 is 29.1 Å². The van der Waals surface area contributed by atoms with Crippen LogP contribution in [0, 0.1) is 0 Å². The normalized spacial score (nSPS) is 13.7. The standard InChI is InChI=1S/C14H9NO4S.C3H5NO/c16-11-8-5-1-3-7-4-2-6-9(10(7)8)12(17)15(11)13(20)14(18)19;1-2-3(4)5/h1-6,13,20H,(H,18,19);2H,1H2,(H2,4,5). The largest absolute Gasteiger partial charge is 0.479 e. The minimum atomic E-state index is -1.50. The predicted octanol–water partition coefficient (Wildman–Crippen LogP) is 1.43. The SMILES string of the molecule is C=CC(N)=O.O=C(O)C(S)N1C(=O)c2cccc3cccc(c23)C1=O. The van der Waals surface area contributed by atoms with Crippen LogP contribution in [0.3, 0.4) is 0 Å². The van der Waals surface area contributed by atoms with Crippen LogP contribution >= 0.6 is 12.6 Å². The molecule has 3 rings (SSSR count). The maximum absolute atomic E-state index is 12.4. The molecule has 0 bridgehead atoms. The van der Waals surface area contributed by atoms with Gasteiger partial charge in [0.25, 0.3) is 11.8 Å². The third kappa shape index (κ3) is 3.38. The fraction of sp³-hybridized carbons (Fsp3) is 0.0588. The molecule has 1 aliphatic heterocycles. The highest BCUT2D eigenvalue weighted by atomic mass is 32.1. The van der Waals surface area contributed by atoms with Gasteiger partial charge >= 0.3 is 5.97 Å². The quantitative estimate of drug-likeness (QED) is 0.436.